The Bertz CT molecular complexity index is 762. The van der Waals surface area contributed by atoms with E-state index in [4.69, 9.17) is 11.6 Å². The van der Waals surface area contributed by atoms with Gasteiger partial charge in [0.25, 0.3) is 5.69 Å². The first kappa shape index (κ1) is 15.8. The maximum Gasteiger partial charge on any atom is 0.270 e. The molecule has 21 heavy (non-hydrogen) atoms. The summed E-state index contributed by atoms with van der Waals surface area (Å²) in [5, 5.41) is 12.4. The molecule has 2 rings (SSSR count). The van der Waals surface area contributed by atoms with E-state index in [0.29, 0.717) is 5.69 Å². The molecule has 0 saturated carbocycles. The van der Waals surface area contributed by atoms with Gasteiger partial charge in [-0.3, -0.25) is 10.1 Å². The van der Waals surface area contributed by atoms with E-state index >= 15 is 0 Å². The van der Waals surface area contributed by atoms with Crippen LogP contribution in [0.4, 0.5) is 5.69 Å². The summed E-state index contributed by atoms with van der Waals surface area (Å²) in [6.07, 6.45) is 0. The van der Waals surface area contributed by atoms with Crippen molar-refractivity contribution in [1.29, 1.82) is 0 Å². The topological polar surface area (TPSA) is 93.4 Å². The third-order valence-electron chi connectivity index (χ3n) is 2.68. The molecular weight excluding hydrogens is 338 g/mol. The Hall–Kier alpha value is -1.55. The fraction of sp³-hybridized carbons (Fsp3) is 0.182. The highest BCUT2D eigenvalue weighted by Crippen LogP contribution is 2.28. The van der Waals surface area contributed by atoms with Gasteiger partial charge in [-0.05, 0) is 6.07 Å². The van der Waals surface area contributed by atoms with Gasteiger partial charge >= 0.3 is 0 Å². The van der Waals surface area contributed by atoms with E-state index in [1.807, 2.05) is 0 Å². The van der Waals surface area contributed by atoms with E-state index in [-0.39, 0.29) is 22.2 Å². The van der Waals surface area contributed by atoms with Crippen molar-refractivity contribution in [2.45, 2.75) is 11.4 Å². The van der Waals surface area contributed by atoms with Gasteiger partial charge in [-0.15, -0.1) is 11.3 Å². The number of halogens is 1. The van der Waals surface area contributed by atoms with E-state index in [1.165, 1.54) is 24.5 Å². The highest BCUT2D eigenvalue weighted by atomic mass is 35.5. The molecule has 0 aliphatic heterocycles. The van der Waals surface area contributed by atoms with Gasteiger partial charge in [-0.25, -0.2) is 13.4 Å². The Kier molecular flexibility index (Phi) is 4.57. The first-order valence-electron chi connectivity index (χ1n) is 5.59. The zero-order chi connectivity index (χ0) is 15.6. The average molecular weight is 348 g/mol. The fourth-order valence-electron chi connectivity index (χ4n) is 1.60. The summed E-state index contributed by atoms with van der Waals surface area (Å²) in [5.74, 6) is 0. The molecule has 1 aromatic carbocycles. The fourth-order valence-corrected chi connectivity index (χ4v) is 3.78. The van der Waals surface area contributed by atoms with Gasteiger partial charge in [0.1, 0.15) is 4.90 Å². The summed E-state index contributed by atoms with van der Waals surface area (Å²) >= 11 is 7.22. The maximum atomic E-state index is 12.4. The monoisotopic (exact) mass is 347 g/mol. The number of hydrogen-bond donors (Lipinski definition) is 0. The van der Waals surface area contributed by atoms with Crippen molar-refractivity contribution in [1.82, 2.24) is 9.29 Å². The van der Waals surface area contributed by atoms with E-state index in [2.05, 4.69) is 4.98 Å². The number of non-ortho nitro benzene ring substituents is 1. The second kappa shape index (κ2) is 6.06. The molecule has 0 fully saturated rings. The number of rotatable bonds is 5. The van der Waals surface area contributed by atoms with Crippen LogP contribution in [-0.2, 0) is 16.6 Å². The van der Waals surface area contributed by atoms with Crippen LogP contribution in [0.5, 0.6) is 0 Å². The number of benzene rings is 1. The smallest absolute Gasteiger partial charge is 0.258 e. The zero-order valence-electron chi connectivity index (χ0n) is 10.8. The Balaban J connectivity index is 2.38. The molecule has 10 heteroatoms. The second-order valence-electron chi connectivity index (χ2n) is 4.11. The molecule has 1 heterocycles. The van der Waals surface area contributed by atoms with Crippen molar-refractivity contribution < 1.29 is 13.3 Å². The van der Waals surface area contributed by atoms with Crippen LogP contribution >= 0.6 is 22.9 Å². The number of nitro benzene ring substituents is 1. The van der Waals surface area contributed by atoms with Crippen LogP contribution in [-0.4, -0.2) is 29.7 Å². The standard InChI is InChI=1S/C11H10ClN3O4S2/c1-14(5-8-6-20-7-13-8)21(18,19)11-4-9(15(16)17)2-3-10(11)12/h2-4,6-7H,5H2,1H3. The molecule has 0 aliphatic carbocycles. The SMILES string of the molecule is CN(Cc1cscn1)S(=O)(=O)c1cc([N+](=O)[O-])ccc1Cl. The predicted octanol–water partition coefficient (Wildman–Crippen LogP) is 2.53. The summed E-state index contributed by atoms with van der Waals surface area (Å²) in [6, 6.07) is 3.31. The van der Waals surface area contributed by atoms with Crippen molar-refractivity contribution in [3.63, 3.8) is 0 Å². The van der Waals surface area contributed by atoms with Crippen LogP contribution < -0.4 is 0 Å². The molecule has 0 N–H and O–H groups in total. The van der Waals surface area contributed by atoms with E-state index in [1.54, 1.807) is 10.9 Å². The molecule has 0 radical (unpaired) electrons. The normalized spacial score (nSPS) is 11.8. The molecule has 0 aliphatic rings. The van der Waals surface area contributed by atoms with Crippen molar-refractivity contribution in [2.75, 3.05) is 7.05 Å². The summed E-state index contributed by atoms with van der Waals surface area (Å²) in [6.45, 7) is 0.0604. The third kappa shape index (κ3) is 3.38. The lowest BCUT2D eigenvalue weighted by atomic mass is 10.3. The minimum absolute atomic E-state index is 0.0604. The van der Waals surface area contributed by atoms with E-state index < -0.39 is 14.9 Å². The van der Waals surface area contributed by atoms with Gasteiger partial charge in [0.05, 0.1) is 27.7 Å². The van der Waals surface area contributed by atoms with Crippen LogP contribution in [0.1, 0.15) is 5.69 Å². The molecule has 0 amide bonds. The number of aromatic nitrogens is 1. The number of nitro groups is 1. The lowest BCUT2D eigenvalue weighted by Crippen LogP contribution is -2.27. The first-order chi connectivity index (χ1) is 9.82. The number of sulfonamides is 1. The lowest BCUT2D eigenvalue weighted by molar-refractivity contribution is -0.385. The number of nitrogens with zero attached hydrogens (tertiary/aromatic N) is 3. The van der Waals surface area contributed by atoms with Gasteiger partial charge in [-0.2, -0.15) is 4.31 Å². The summed E-state index contributed by atoms with van der Waals surface area (Å²) in [5.41, 5.74) is 1.85. The van der Waals surface area contributed by atoms with Crippen molar-refractivity contribution in [2.24, 2.45) is 0 Å². The molecule has 1 aromatic heterocycles. The highest BCUT2D eigenvalue weighted by Gasteiger charge is 2.26. The van der Waals surface area contributed by atoms with E-state index in [0.717, 1.165) is 16.4 Å². The Labute approximate surface area is 130 Å². The Morgan fingerprint density at radius 3 is 2.76 bits per heavy atom. The summed E-state index contributed by atoms with van der Waals surface area (Å²) < 4.78 is 25.9. The molecule has 0 spiro atoms. The highest BCUT2D eigenvalue weighted by molar-refractivity contribution is 7.89. The van der Waals surface area contributed by atoms with Crippen molar-refractivity contribution in [3.8, 4) is 0 Å². The third-order valence-corrected chi connectivity index (χ3v) is 5.60. The van der Waals surface area contributed by atoms with E-state index in [9.17, 15) is 18.5 Å². The predicted molar refractivity (Wildman–Crippen MR) is 78.9 cm³/mol. The number of hydrogen-bond acceptors (Lipinski definition) is 6. The van der Waals surface area contributed by atoms with Crippen LogP contribution in [0.2, 0.25) is 5.02 Å². The Morgan fingerprint density at radius 1 is 1.48 bits per heavy atom. The molecule has 7 nitrogen and oxygen atoms in total. The van der Waals surface area contributed by atoms with Crippen LogP contribution in [0.25, 0.3) is 0 Å². The minimum atomic E-state index is -3.94. The molecule has 0 saturated heterocycles. The summed E-state index contributed by atoms with van der Waals surface area (Å²) in [4.78, 5) is 13.8. The molecule has 2 aromatic rings. The van der Waals surface area contributed by atoms with Gasteiger partial charge in [0, 0.05) is 24.6 Å². The quantitative estimate of drug-likeness (QED) is 0.612. The maximum absolute atomic E-state index is 12.4. The van der Waals surface area contributed by atoms with Gasteiger partial charge in [0.15, 0.2) is 0 Å². The molecule has 0 atom stereocenters. The summed E-state index contributed by atoms with van der Waals surface area (Å²) in [7, 11) is -2.58. The number of thiazole rings is 1. The van der Waals surface area contributed by atoms with Crippen LogP contribution in [0.3, 0.4) is 0 Å². The van der Waals surface area contributed by atoms with Gasteiger partial charge in [0.2, 0.25) is 10.0 Å². The molecule has 0 bridgehead atoms. The van der Waals surface area contributed by atoms with Crippen LogP contribution in [0.15, 0.2) is 34.0 Å². The molecule has 0 unspecified atom stereocenters. The zero-order valence-corrected chi connectivity index (χ0v) is 13.2. The van der Waals surface area contributed by atoms with Gasteiger partial charge in [-0.1, -0.05) is 11.6 Å². The molecular formula is C11H10ClN3O4S2. The average Bonchev–Trinajstić information content (AvgIpc) is 2.91. The van der Waals surface area contributed by atoms with Crippen molar-refractivity contribution in [3.05, 3.63) is 49.9 Å². The van der Waals surface area contributed by atoms with Crippen molar-refractivity contribution >= 4 is 38.6 Å². The van der Waals surface area contributed by atoms with Crippen LogP contribution in [0, 0.1) is 10.1 Å². The second-order valence-corrected chi connectivity index (χ2v) is 7.25. The molecule has 112 valence electrons. The Morgan fingerprint density at radius 2 is 2.19 bits per heavy atom. The first-order valence-corrected chi connectivity index (χ1v) is 8.36. The lowest BCUT2D eigenvalue weighted by Gasteiger charge is -2.16. The largest absolute Gasteiger partial charge is 0.270 e. The minimum Gasteiger partial charge on any atom is -0.258 e. The van der Waals surface area contributed by atoms with Gasteiger partial charge < -0.3 is 0 Å².